The van der Waals surface area contributed by atoms with E-state index in [1.54, 1.807) is 25.1 Å². The minimum atomic E-state index is -0.423. The summed E-state index contributed by atoms with van der Waals surface area (Å²) in [5, 5.41) is 18.6. The van der Waals surface area contributed by atoms with E-state index in [1.165, 1.54) is 6.07 Å². The predicted molar refractivity (Wildman–Crippen MR) is 96.3 cm³/mol. The molecule has 0 atom stereocenters. The highest BCUT2D eigenvalue weighted by Gasteiger charge is 2.14. The normalized spacial score (nSPS) is 15.8. The third-order valence-electron chi connectivity index (χ3n) is 3.63. The molecule has 1 fully saturated rings. The van der Waals surface area contributed by atoms with Gasteiger partial charge in [0.25, 0.3) is 5.69 Å². The second kappa shape index (κ2) is 9.26. The van der Waals surface area contributed by atoms with E-state index in [1.807, 2.05) is 0 Å². The molecule has 0 aliphatic carbocycles. The molecule has 0 radical (unpaired) electrons. The van der Waals surface area contributed by atoms with Gasteiger partial charge in [-0.05, 0) is 25.2 Å². The quantitative estimate of drug-likeness (QED) is 0.343. The van der Waals surface area contributed by atoms with Crippen LogP contribution in [0.2, 0.25) is 0 Å². The molecule has 2 rings (SSSR count). The summed E-state index contributed by atoms with van der Waals surface area (Å²) in [6.07, 6.45) is 0. The number of para-hydroxylation sites is 1. The molecule has 1 saturated heterocycles. The molecule has 1 heterocycles. The molecule has 1 aliphatic heterocycles. The Morgan fingerprint density at radius 2 is 2.12 bits per heavy atom. The largest absolute Gasteiger partial charge is 0.379 e. The second-order valence-electron chi connectivity index (χ2n) is 5.29. The monoisotopic (exact) mass is 351 g/mol. The number of nitrogens with zero attached hydrogens (tertiary/aromatic N) is 3. The van der Waals surface area contributed by atoms with Gasteiger partial charge in [0.15, 0.2) is 5.11 Å². The number of nitrogens with one attached hydrogen (secondary N) is 2. The van der Waals surface area contributed by atoms with Gasteiger partial charge in [-0.2, -0.15) is 5.10 Å². The molecular formula is C15H21N5O3S. The Labute approximate surface area is 146 Å². The minimum absolute atomic E-state index is 0.0201. The maximum absolute atomic E-state index is 11.0. The average molecular weight is 351 g/mol. The molecular weight excluding hydrogens is 330 g/mol. The zero-order valence-electron chi connectivity index (χ0n) is 13.5. The number of thiocarbonyl (C=S) groups is 1. The van der Waals surface area contributed by atoms with Crippen LogP contribution in [0.25, 0.3) is 0 Å². The molecule has 0 aromatic heterocycles. The van der Waals surface area contributed by atoms with Crippen LogP contribution in [-0.4, -0.2) is 60.0 Å². The second-order valence-corrected chi connectivity index (χ2v) is 5.70. The van der Waals surface area contributed by atoms with Crippen molar-refractivity contribution < 1.29 is 9.66 Å². The van der Waals surface area contributed by atoms with Crippen LogP contribution in [0.15, 0.2) is 29.4 Å². The zero-order valence-corrected chi connectivity index (χ0v) is 14.3. The molecule has 0 saturated carbocycles. The Kier molecular flexibility index (Phi) is 7.04. The summed E-state index contributed by atoms with van der Waals surface area (Å²) in [5.74, 6) is 0. The van der Waals surface area contributed by atoms with Gasteiger partial charge in [-0.15, -0.1) is 0 Å². The molecule has 0 amide bonds. The van der Waals surface area contributed by atoms with Crippen molar-refractivity contribution in [3.05, 3.63) is 39.9 Å². The SMILES string of the molecule is C/C(=N/NC(=S)NCCN1CCOCC1)c1ccccc1[N+](=O)[O-]. The van der Waals surface area contributed by atoms with E-state index in [4.69, 9.17) is 17.0 Å². The van der Waals surface area contributed by atoms with Gasteiger partial charge in [0.1, 0.15) is 0 Å². The first-order valence-corrected chi connectivity index (χ1v) is 8.11. The number of hydrogen-bond donors (Lipinski definition) is 2. The van der Waals surface area contributed by atoms with Crippen LogP contribution in [-0.2, 0) is 4.74 Å². The Balaban J connectivity index is 1.81. The van der Waals surface area contributed by atoms with E-state index in [-0.39, 0.29) is 5.69 Å². The van der Waals surface area contributed by atoms with Crippen molar-refractivity contribution in [1.82, 2.24) is 15.6 Å². The Morgan fingerprint density at radius 1 is 1.42 bits per heavy atom. The molecule has 0 unspecified atom stereocenters. The first-order valence-electron chi connectivity index (χ1n) is 7.70. The molecule has 1 aromatic rings. The average Bonchev–Trinajstić information content (AvgIpc) is 2.60. The van der Waals surface area contributed by atoms with Gasteiger partial charge < -0.3 is 10.1 Å². The molecule has 2 N–H and O–H groups in total. The van der Waals surface area contributed by atoms with Crippen molar-refractivity contribution in [1.29, 1.82) is 0 Å². The summed E-state index contributed by atoms with van der Waals surface area (Å²) in [4.78, 5) is 12.9. The van der Waals surface area contributed by atoms with Gasteiger partial charge in [0, 0.05) is 32.2 Å². The van der Waals surface area contributed by atoms with E-state index >= 15 is 0 Å². The number of benzene rings is 1. The van der Waals surface area contributed by atoms with Crippen molar-refractivity contribution in [3.8, 4) is 0 Å². The van der Waals surface area contributed by atoms with Gasteiger partial charge in [0.05, 0.1) is 29.4 Å². The summed E-state index contributed by atoms with van der Waals surface area (Å²) in [7, 11) is 0. The zero-order chi connectivity index (χ0) is 17.4. The van der Waals surface area contributed by atoms with Crippen LogP contribution in [0.5, 0.6) is 0 Å². The van der Waals surface area contributed by atoms with Crippen LogP contribution >= 0.6 is 12.2 Å². The smallest absolute Gasteiger partial charge is 0.278 e. The lowest BCUT2D eigenvalue weighted by Gasteiger charge is -2.26. The third kappa shape index (κ3) is 5.52. The number of morpholine rings is 1. The minimum Gasteiger partial charge on any atom is -0.379 e. The summed E-state index contributed by atoms with van der Waals surface area (Å²) in [5.41, 5.74) is 3.71. The highest BCUT2D eigenvalue weighted by atomic mass is 32.1. The van der Waals surface area contributed by atoms with Gasteiger partial charge in [-0.25, -0.2) is 0 Å². The van der Waals surface area contributed by atoms with Crippen LogP contribution < -0.4 is 10.7 Å². The number of hydrazone groups is 1. The number of nitro benzene ring substituents is 1. The van der Waals surface area contributed by atoms with E-state index in [9.17, 15) is 10.1 Å². The lowest BCUT2D eigenvalue weighted by Crippen LogP contribution is -2.42. The topological polar surface area (TPSA) is 92.0 Å². The Morgan fingerprint density at radius 3 is 2.83 bits per heavy atom. The molecule has 1 aliphatic rings. The van der Waals surface area contributed by atoms with Gasteiger partial charge in [-0.1, -0.05) is 12.1 Å². The lowest BCUT2D eigenvalue weighted by molar-refractivity contribution is -0.385. The molecule has 130 valence electrons. The van der Waals surface area contributed by atoms with Crippen LogP contribution in [0.3, 0.4) is 0 Å². The van der Waals surface area contributed by atoms with Crippen molar-refractivity contribution in [3.63, 3.8) is 0 Å². The van der Waals surface area contributed by atoms with E-state index in [0.29, 0.717) is 22.9 Å². The van der Waals surface area contributed by atoms with E-state index < -0.39 is 4.92 Å². The van der Waals surface area contributed by atoms with Crippen LogP contribution in [0.4, 0.5) is 5.69 Å². The molecule has 9 heteroatoms. The standard InChI is InChI=1S/C15H21N5O3S/c1-12(13-4-2-3-5-14(13)20(21)22)17-18-15(24)16-6-7-19-8-10-23-11-9-19/h2-5H,6-11H2,1H3,(H2,16,18,24)/b17-12-. The van der Waals surface area contributed by atoms with Crippen LogP contribution in [0.1, 0.15) is 12.5 Å². The van der Waals surface area contributed by atoms with Crippen molar-refractivity contribution in [2.24, 2.45) is 5.10 Å². The van der Waals surface area contributed by atoms with Crippen molar-refractivity contribution in [2.75, 3.05) is 39.4 Å². The Hall–Kier alpha value is -2.10. The molecule has 24 heavy (non-hydrogen) atoms. The Bertz CT molecular complexity index is 617. The third-order valence-corrected chi connectivity index (χ3v) is 3.87. The molecule has 0 spiro atoms. The van der Waals surface area contributed by atoms with Crippen molar-refractivity contribution in [2.45, 2.75) is 6.92 Å². The first kappa shape index (κ1) is 18.2. The van der Waals surface area contributed by atoms with Gasteiger partial charge >= 0.3 is 0 Å². The van der Waals surface area contributed by atoms with Gasteiger partial charge in [-0.3, -0.25) is 20.4 Å². The molecule has 8 nitrogen and oxygen atoms in total. The first-order chi connectivity index (χ1) is 11.6. The van der Waals surface area contributed by atoms with E-state index in [2.05, 4.69) is 20.7 Å². The fourth-order valence-electron chi connectivity index (χ4n) is 2.33. The number of ether oxygens (including phenoxy) is 1. The van der Waals surface area contributed by atoms with Crippen molar-refractivity contribution >= 4 is 28.7 Å². The van der Waals surface area contributed by atoms with Crippen LogP contribution in [0, 0.1) is 10.1 Å². The number of nitro groups is 1. The van der Waals surface area contributed by atoms with Gasteiger partial charge in [0.2, 0.25) is 0 Å². The number of hydrogen-bond acceptors (Lipinski definition) is 6. The summed E-state index contributed by atoms with van der Waals surface area (Å²) >= 11 is 5.17. The summed E-state index contributed by atoms with van der Waals surface area (Å²) in [6.45, 7) is 6.66. The maximum atomic E-state index is 11.0. The number of rotatable bonds is 6. The summed E-state index contributed by atoms with van der Waals surface area (Å²) < 4.78 is 5.29. The molecule has 0 bridgehead atoms. The fourth-order valence-corrected chi connectivity index (χ4v) is 2.47. The highest BCUT2D eigenvalue weighted by molar-refractivity contribution is 7.80. The molecule has 1 aromatic carbocycles. The maximum Gasteiger partial charge on any atom is 0.278 e. The lowest BCUT2D eigenvalue weighted by atomic mass is 10.1. The predicted octanol–water partition coefficient (Wildman–Crippen LogP) is 1.12. The fraction of sp³-hybridized carbons (Fsp3) is 0.467. The summed E-state index contributed by atoms with van der Waals surface area (Å²) in [6, 6.07) is 6.47. The highest BCUT2D eigenvalue weighted by Crippen LogP contribution is 2.18. The van der Waals surface area contributed by atoms with E-state index in [0.717, 1.165) is 32.8 Å².